The molecule has 9 fully saturated rings. The maximum absolute atomic E-state index is 13.1. The molecule has 33 heteroatoms. The Kier molecular flexibility index (Phi) is 21.5. The first-order chi connectivity index (χ1) is 41.8. The van der Waals surface area contributed by atoms with Crippen LogP contribution >= 0.6 is 0 Å². The second-order valence-corrected chi connectivity index (χ2v) is 27.5. The van der Waals surface area contributed by atoms with Crippen molar-refractivity contribution < 1.29 is 155 Å². The highest BCUT2D eigenvalue weighted by atomic mass is 32.3. The highest BCUT2D eigenvalue weighted by Gasteiger charge is 2.63. The van der Waals surface area contributed by atoms with Gasteiger partial charge in [0.05, 0.1) is 50.3 Å². The van der Waals surface area contributed by atoms with E-state index in [1.165, 1.54) is 20.8 Å². The lowest BCUT2D eigenvalue weighted by Crippen LogP contribution is -2.67. The lowest BCUT2D eigenvalue weighted by atomic mass is 9.48. The van der Waals surface area contributed by atoms with E-state index in [9.17, 15) is 94.4 Å². The van der Waals surface area contributed by atoms with E-state index in [1.54, 1.807) is 6.92 Å². The summed E-state index contributed by atoms with van der Waals surface area (Å²) < 4.78 is 112. The van der Waals surface area contributed by atoms with E-state index in [2.05, 4.69) is 19.9 Å². The zero-order chi connectivity index (χ0) is 64.8. The summed E-state index contributed by atoms with van der Waals surface area (Å²) in [5, 5.41) is 166. The normalized spacial score (nSPS) is 53.9. The minimum Gasteiger partial charge on any atom is -0.394 e. The molecule has 6 aliphatic heterocycles. The molecule has 16 N–H and O–H groups in total. The van der Waals surface area contributed by atoms with Crippen molar-refractivity contribution in [3.05, 3.63) is 11.6 Å². The van der Waals surface area contributed by atoms with Crippen LogP contribution in [0, 0.1) is 34.5 Å². The molecule has 32 nitrogen and oxygen atoms in total. The second-order valence-electron chi connectivity index (χ2n) is 26.4. The predicted molar refractivity (Wildman–Crippen MR) is 289 cm³/mol. The fraction of sp³-hybridized carbons (Fsp3) is 0.946. The van der Waals surface area contributed by atoms with Gasteiger partial charge >= 0.3 is 10.4 Å². The molecule has 3 saturated carbocycles. The third kappa shape index (κ3) is 13.4. The summed E-state index contributed by atoms with van der Waals surface area (Å²) in [5.74, 6) is -0.631. The van der Waals surface area contributed by atoms with Gasteiger partial charge in [0, 0.05) is 5.92 Å². The standard InChI is InChI=1S/C56H90O32S/c1-18(59)24-7-8-25-23-14-28(27-13-22(88-89(73,74)75)9-11-56(27,6)26(23)10-12-55(24,25)5)80-52-44(72)46(33(61)20(3)78-52)85-53-47(86-49-41(69)37(65)32(60)19(2)77-49)36(64)31(17-76-53)83-54-48(39(67)35(63)30(16-58)82-54)87-50-43(71)40(68)45(21(4)79-50)84-51-42(70)38(66)34(62)29(15-57)81-51/h10,19-25,27-54,57-58,60-72H,7-9,11-17H2,1-6H3,(H,73,74,75)/t19-,20-,21-,22+,23+,24-,25+,27-,28+,29-,30-,31-,32-,33-,34+,35+,36+,37+,38+,39+,40-,41-,42-,43-,44-,45+,46+,47-,48-,49+,50+,51+,52+,53+,54+,55-,56-/m1/s1. The van der Waals surface area contributed by atoms with Gasteiger partial charge < -0.3 is 133 Å². The van der Waals surface area contributed by atoms with E-state index in [4.69, 9.17) is 61.0 Å². The van der Waals surface area contributed by atoms with E-state index in [0.29, 0.717) is 25.7 Å². The van der Waals surface area contributed by atoms with Crippen LogP contribution in [0.15, 0.2) is 11.6 Å². The molecule has 0 aromatic heterocycles. The maximum Gasteiger partial charge on any atom is 0.397 e. The fourth-order valence-corrected chi connectivity index (χ4v) is 16.4. The van der Waals surface area contributed by atoms with E-state index >= 15 is 0 Å². The van der Waals surface area contributed by atoms with Crippen LogP contribution in [0.4, 0.5) is 0 Å². The Morgan fingerprint density at radius 3 is 1.65 bits per heavy atom. The van der Waals surface area contributed by atoms with Crippen molar-refractivity contribution >= 4 is 16.2 Å². The summed E-state index contributed by atoms with van der Waals surface area (Å²) in [6.45, 7) is 7.50. The van der Waals surface area contributed by atoms with Crippen molar-refractivity contribution in [1.82, 2.24) is 0 Å². The molecule has 0 aromatic rings. The molecule has 0 unspecified atom stereocenters. The van der Waals surface area contributed by atoms with Crippen molar-refractivity contribution in [2.24, 2.45) is 34.5 Å². The summed E-state index contributed by atoms with van der Waals surface area (Å²) in [5.41, 5.74) is 0.170. The van der Waals surface area contributed by atoms with E-state index in [0.717, 1.165) is 12.0 Å². The van der Waals surface area contributed by atoms with Gasteiger partial charge in [-0.25, -0.2) is 4.18 Å². The summed E-state index contributed by atoms with van der Waals surface area (Å²) in [6, 6.07) is 0. The fourth-order valence-electron chi connectivity index (χ4n) is 15.9. The summed E-state index contributed by atoms with van der Waals surface area (Å²) in [4.78, 5) is 13.1. The number of carbonyl (C=O) groups is 1. The largest absolute Gasteiger partial charge is 0.397 e. The quantitative estimate of drug-likeness (QED) is 0.0476. The van der Waals surface area contributed by atoms with Crippen LogP contribution in [0.25, 0.3) is 0 Å². The molecular weight excluding hydrogens is 1220 g/mol. The predicted octanol–water partition coefficient (Wildman–Crippen LogP) is -6.02. The molecule has 10 aliphatic rings. The number of ketones is 1. The second kappa shape index (κ2) is 27.4. The summed E-state index contributed by atoms with van der Waals surface area (Å²) in [6.07, 6.45) is -47.6. The number of hydrogen-bond acceptors (Lipinski definition) is 31. The number of aliphatic hydroxyl groups is 15. The monoisotopic (exact) mass is 1310 g/mol. The third-order valence-corrected chi connectivity index (χ3v) is 21.5. The van der Waals surface area contributed by atoms with Gasteiger partial charge in [0.1, 0.15) is 128 Å². The van der Waals surface area contributed by atoms with Crippen molar-refractivity contribution in [1.29, 1.82) is 0 Å². The molecule has 10 rings (SSSR count). The number of fused-ring (bicyclic) bond motifs is 5. The molecule has 0 aromatic carbocycles. The minimum absolute atomic E-state index is 0.0548. The van der Waals surface area contributed by atoms with Gasteiger partial charge in [-0.1, -0.05) is 25.5 Å². The molecule has 37 atom stereocenters. The molecule has 512 valence electrons. The number of rotatable bonds is 17. The van der Waals surface area contributed by atoms with E-state index in [-0.39, 0.29) is 41.8 Å². The number of allylic oxidation sites excluding steroid dienone is 2. The lowest BCUT2D eigenvalue weighted by Gasteiger charge is -2.59. The zero-order valence-corrected chi connectivity index (χ0v) is 50.8. The van der Waals surface area contributed by atoms with Crippen molar-refractivity contribution in [3.8, 4) is 0 Å². The first kappa shape index (κ1) is 70.0. The summed E-state index contributed by atoms with van der Waals surface area (Å²) >= 11 is 0. The molecular formula is C56H90O32S. The van der Waals surface area contributed by atoms with Crippen LogP contribution in [-0.4, -0.2) is 306 Å². The SMILES string of the molecule is CC(=O)[C@H]1CC[C@H]2[C@@H]3C[C@H](O[C@@H]4O[C@H](C)[C@@H](O)[C@H](O[C@@H]5OC[C@@H](O[C@@H]6O[C@H](CO)[C@H](O)[C@H](O)[C@H]6O[C@@H]6O[C@H](C)[C@H](O[C@@H]7O[C@H](CO)[C@H](O)[C@H](O)[C@H]7O)[C@H](O)[C@H]6O)[C@H](O)[C@H]5O[C@@H]5O[C@H](C)[C@@H](O)[C@H](O)[C@H]5O)[C@H]4O)[C@H]4C[C@@H](OS(=O)(=O)O)CC[C@]4(C)C3=CC[C@]12C. The van der Waals surface area contributed by atoms with Gasteiger partial charge in [0.15, 0.2) is 37.7 Å². The van der Waals surface area contributed by atoms with Crippen molar-refractivity contribution in [2.75, 3.05) is 19.8 Å². The van der Waals surface area contributed by atoms with E-state index in [1.807, 2.05) is 0 Å². The van der Waals surface area contributed by atoms with Crippen LogP contribution in [0.1, 0.15) is 86.5 Å². The molecule has 6 saturated heterocycles. The van der Waals surface area contributed by atoms with Gasteiger partial charge in [0.2, 0.25) is 0 Å². The third-order valence-electron chi connectivity index (χ3n) is 21.0. The van der Waals surface area contributed by atoms with Crippen LogP contribution in [-0.2, 0) is 76.2 Å². The number of carbonyl (C=O) groups excluding carboxylic acids is 1. The average molecular weight is 1310 g/mol. The van der Waals surface area contributed by atoms with Crippen molar-refractivity contribution in [3.63, 3.8) is 0 Å². The molecule has 4 aliphatic carbocycles. The Labute approximate surface area is 512 Å². The lowest BCUT2D eigenvalue weighted by molar-refractivity contribution is -0.402. The van der Waals surface area contributed by atoms with Crippen LogP contribution < -0.4 is 0 Å². The number of ether oxygens (including phenoxy) is 12. The molecule has 0 bridgehead atoms. The van der Waals surface area contributed by atoms with E-state index < -0.39 is 232 Å². The average Bonchev–Trinajstić information content (AvgIpc) is 1.71. The van der Waals surface area contributed by atoms with Crippen LogP contribution in [0.2, 0.25) is 0 Å². The molecule has 0 spiro atoms. The molecule has 6 heterocycles. The molecule has 89 heavy (non-hydrogen) atoms. The zero-order valence-electron chi connectivity index (χ0n) is 50.0. The van der Waals surface area contributed by atoms with Gasteiger partial charge in [-0.15, -0.1) is 0 Å². The minimum atomic E-state index is -4.88. The summed E-state index contributed by atoms with van der Waals surface area (Å²) in [7, 11) is -4.88. The Morgan fingerprint density at radius 1 is 0.528 bits per heavy atom. The smallest absolute Gasteiger partial charge is 0.394 e. The van der Waals surface area contributed by atoms with Gasteiger partial charge in [-0.2, -0.15) is 8.42 Å². The Morgan fingerprint density at radius 2 is 1.03 bits per heavy atom. The number of hydrogen-bond donors (Lipinski definition) is 16. The van der Waals surface area contributed by atoms with Gasteiger partial charge in [-0.05, 0) is 101 Å². The first-order valence-corrected chi connectivity index (χ1v) is 31.9. The van der Waals surface area contributed by atoms with Gasteiger partial charge in [-0.3, -0.25) is 9.35 Å². The topological polar surface area (TPSA) is 495 Å². The number of Topliss-reactive ketones (excluding diaryl/α,β-unsaturated/α-hetero) is 1. The van der Waals surface area contributed by atoms with Crippen molar-refractivity contribution in [2.45, 2.75) is 277 Å². The first-order valence-electron chi connectivity index (χ1n) is 30.6. The molecule has 0 radical (unpaired) electrons. The Balaban J connectivity index is 0.888. The Hall–Kier alpha value is -1.80. The van der Waals surface area contributed by atoms with Crippen LogP contribution in [0.3, 0.4) is 0 Å². The Bertz CT molecular complexity index is 2550. The molecule has 0 amide bonds. The number of aliphatic hydroxyl groups excluding tert-OH is 15. The van der Waals surface area contributed by atoms with Crippen LogP contribution in [0.5, 0.6) is 0 Å². The van der Waals surface area contributed by atoms with Gasteiger partial charge in [0.25, 0.3) is 0 Å². The maximum atomic E-state index is 13.1. The highest BCUT2D eigenvalue weighted by Crippen LogP contribution is 2.66. The highest BCUT2D eigenvalue weighted by molar-refractivity contribution is 7.80.